The van der Waals surface area contributed by atoms with Gasteiger partial charge < -0.3 is 4.90 Å². The molecule has 1 rings (SSSR count). The Hall–Kier alpha value is -0.670. The van der Waals surface area contributed by atoms with Crippen molar-refractivity contribution >= 4 is 17.4 Å². The molecule has 0 aliphatic carbocycles. The zero-order chi connectivity index (χ0) is 9.84. The molecule has 13 heavy (non-hydrogen) atoms. The fourth-order valence-corrected chi connectivity index (χ4v) is 1.90. The van der Waals surface area contributed by atoms with Crippen LogP contribution < -0.4 is 0 Å². The van der Waals surface area contributed by atoms with Crippen molar-refractivity contribution in [2.24, 2.45) is 0 Å². The molecule has 0 aliphatic heterocycles. The highest BCUT2D eigenvalue weighted by molar-refractivity contribution is 7.09. The first kappa shape index (κ1) is 10.4. The van der Waals surface area contributed by atoms with Crippen LogP contribution in [0.5, 0.6) is 0 Å². The Morgan fingerprint density at radius 3 is 2.77 bits per heavy atom. The second-order valence-electron chi connectivity index (χ2n) is 3.63. The molecule has 3 heteroatoms. The molecule has 0 N–H and O–H groups in total. The van der Waals surface area contributed by atoms with Crippen molar-refractivity contribution in [2.75, 3.05) is 14.1 Å². The van der Waals surface area contributed by atoms with E-state index in [1.54, 1.807) is 11.3 Å². The first-order valence-corrected chi connectivity index (χ1v) is 5.20. The maximum atomic E-state index is 4.49. The van der Waals surface area contributed by atoms with E-state index in [4.69, 9.17) is 0 Å². The molecule has 0 unspecified atom stereocenters. The predicted octanol–water partition coefficient (Wildman–Crippen LogP) is 2.63. The number of nitrogens with zero attached hydrogens (tertiary/aromatic N) is 2. The molecule has 0 aliphatic rings. The molecule has 0 spiro atoms. The lowest BCUT2D eigenvalue weighted by atomic mass is 10.3. The fraction of sp³-hybridized carbons (Fsp3) is 0.500. The summed E-state index contributed by atoms with van der Waals surface area (Å²) in [4.78, 5) is 6.62. The summed E-state index contributed by atoms with van der Waals surface area (Å²) in [7, 11) is 4.12. The molecule has 2 nitrogen and oxygen atoms in total. The van der Waals surface area contributed by atoms with Gasteiger partial charge in [0.15, 0.2) is 0 Å². The van der Waals surface area contributed by atoms with E-state index in [0.717, 1.165) is 12.2 Å². The third kappa shape index (κ3) is 3.70. The van der Waals surface area contributed by atoms with Gasteiger partial charge in [0.05, 0.1) is 5.69 Å². The van der Waals surface area contributed by atoms with Gasteiger partial charge in [-0.25, -0.2) is 4.98 Å². The second-order valence-corrected chi connectivity index (χ2v) is 4.57. The van der Waals surface area contributed by atoms with E-state index in [9.17, 15) is 0 Å². The van der Waals surface area contributed by atoms with Crippen LogP contribution in [-0.2, 0) is 6.54 Å². The Kier molecular flexibility index (Phi) is 3.63. The highest BCUT2D eigenvalue weighted by atomic mass is 32.1. The number of hydrogen-bond acceptors (Lipinski definition) is 3. The van der Waals surface area contributed by atoms with Crippen molar-refractivity contribution in [3.8, 4) is 0 Å². The Morgan fingerprint density at radius 2 is 2.23 bits per heavy atom. The smallest absolute Gasteiger partial charge is 0.107 e. The topological polar surface area (TPSA) is 16.1 Å². The lowest BCUT2D eigenvalue weighted by molar-refractivity contribution is 0.401. The molecule has 0 bridgehead atoms. The molecule has 0 aromatic carbocycles. The van der Waals surface area contributed by atoms with Crippen LogP contribution in [-0.4, -0.2) is 24.0 Å². The molecule has 0 atom stereocenters. The standard InChI is InChI=1S/C10H16N2S/c1-8(2)5-9-7-13-10(11-9)6-12(3)4/h5,7H,6H2,1-4H3. The van der Waals surface area contributed by atoms with Crippen molar-refractivity contribution in [3.63, 3.8) is 0 Å². The van der Waals surface area contributed by atoms with Gasteiger partial charge in [-0.1, -0.05) is 5.57 Å². The number of rotatable bonds is 3. The molecule has 0 amide bonds. The first-order valence-electron chi connectivity index (χ1n) is 4.32. The van der Waals surface area contributed by atoms with Crippen LogP contribution in [0.1, 0.15) is 24.5 Å². The summed E-state index contributed by atoms with van der Waals surface area (Å²) < 4.78 is 0. The summed E-state index contributed by atoms with van der Waals surface area (Å²) >= 11 is 1.72. The molecule has 1 aromatic rings. The molecule has 0 saturated heterocycles. The van der Waals surface area contributed by atoms with Crippen LogP contribution in [0, 0.1) is 0 Å². The quantitative estimate of drug-likeness (QED) is 0.739. The Morgan fingerprint density at radius 1 is 1.54 bits per heavy atom. The molecule has 72 valence electrons. The minimum atomic E-state index is 0.932. The van der Waals surface area contributed by atoms with Crippen molar-refractivity contribution in [1.82, 2.24) is 9.88 Å². The number of thiazole rings is 1. The van der Waals surface area contributed by atoms with Gasteiger partial charge in [-0.05, 0) is 34.0 Å². The van der Waals surface area contributed by atoms with Crippen molar-refractivity contribution < 1.29 is 0 Å². The first-order chi connectivity index (χ1) is 6.08. The second kappa shape index (κ2) is 4.53. The summed E-state index contributed by atoms with van der Waals surface area (Å²) in [6.07, 6.45) is 2.11. The zero-order valence-corrected chi connectivity index (χ0v) is 9.48. The Bertz CT molecular complexity index is 296. The minimum absolute atomic E-state index is 0.932. The summed E-state index contributed by atoms with van der Waals surface area (Å²) in [6, 6.07) is 0. The van der Waals surface area contributed by atoms with E-state index < -0.39 is 0 Å². The highest BCUT2D eigenvalue weighted by Crippen LogP contribution is 2.13. The lowest BCUT2D eigenvalue weighted by Crippen LogP contribution is -2.10. The van der Waals surface area contributed by atoms with Gasteiger partial charge in [0.2, 0.25) is 0 Å². The minimum Gasteiger partial charge on any atom is -0.303 e. The van der Waals surface area contributed by atoms with E-state index in [-0.39, 0.29) is 0 Å². The van der Waals surface area contributed by atoms with Gasteiger partial charge in [0.25, 0.3) is 0 Å². The molecular formula is C10H16N2S. The SMILES string of the molecule is CC(C)=Cc1csc(CN(C)C)n1. The van der Waals surface area contributed by atoms with Crippen molar-refractivity contribution in [2.45, 2.75) is 20.4 Å². The molecule has 0 fully saturated rings. The number of allylic oxidation sites excluding steroid dienone is 1. The maximum Gasteiger partial charge on any atom is 0.107 e. The van der Waals surface area contributed by atoms with Crippen LogP contribution in [0.4, 0.5) is 0 Å². The highest BCUT2D eigenvalue weighted by Gasteiger charge is 2.00. The van der Waals surface area contributed by atoms with E-state index in [1.165, 1.54) is 10.6 Å². The van der Waals surface area contributed by atoms with Crippen molar-refractivity contribution in [3.05, 3.63) is 21.7 Å². The van der Waals surface area contributed by atoms with Gasteiger partial charge in [-0.3, -0.25) is 0 Å². The van der Waals surface area contributed by atoms with E-state index in [0.29, 0.717) is 0 Å². The normalized spacial score (nSPS) is 10.5. The van der Waals surface area contributed by atoms with Crippen molar-refractivity contribution in [1.29, 1.82) is 0 Å². The zero-order valence-electron chi connectivity index (χ0n) is 8.66. The Balaban J connectivity index is 2.69. The number of aromatic nitrogens is 1. The van der Waals surface area contributed by atoms with E-state index in [1.807, 2.05) is 0 Å². The summed E-state index contributed by atoms with van der Waals surface area (Å²) in [5, 5.41) is 3.28. The largest absolute Gasteiger partial charge is 0.303 e. The van der Waals surface area contributed by atoms with Crippen LogP contribution >= 0.6 is 11.3 Å². The maximum absolute atomic E-state index is 4.49. The number of hydrogen-bond donors (Lipinski definition) is 0. The average molecular weight is 196 g/mol. The van der Waals surface area contributed by atoms with Crippen LogP contribution in [0.3, 0.4) is 0 Å². The molecule has 1 aromatic heterocycles. The van der Waals surface area contributed by atoms with Gasteiger partial charge >= 0.3 is 0 Å². The third-order valence-electron chi connectivity index (χ3n) is 1.46. The van der Waals surface area contributed by atoms with E-state index in [2.05, 4.69) is 49.3 Å². The van der Waals surface area contributed by atoms with Crippen LogP contribution in [0.2, 0.25) is 0 Å². The van der Waals surface area contributed by atoms with Crippen LogP contribution in [0.25, 0.3) is 6.08 Å². The average Bonchev–Trinajstić information content (AvgIpc) is 2.33. The monoisotopic (exact) mass is 196 g/mol. The lowest BCUT2D eigenvalue weighted by Gasteiger charge is -2.04. The molecular weight excluding hydrogens is 180 g/mol. The third-order valence-corrected chi connectivity index (χ3v) is 2.31. The predicted molar refractivity (Wildman–Crippen MR) is 58.8 cm³/mol. The Labute approximate surface area is 83.9 Å². The molecule has 1 heterocycles. The van der Waals surface area contributed by atoms with Crippen LogP contribution in [0.15, 0.2) is 11.0 Å². The van der Waals surface area contributed by atoms with Gasteiger partial charge in [-0.2, -0.15) is 0 Å². The van der Waals surface area contributed by atoms with E-state index >= 15 is 0 Å². The fourth-order valence-electron chi connectivity index (χ4n) is 1.03. The molecule has 0 radical (unpaired) electrons. The molecule has 0 saturated carbocycles. The van der Waals surface area contributed by atoms with Gasteiger partial charge in [-0.15, -0.1) is 11.3 Å². The van der Waals surface area contributed by atoms with Gasteiger partial charge in [0, 0.05) is 11.9 Å². The summed E-state index contributed by atoms with van der Waals surface area (Å²) in [5.74, 6) is 0. The van der Waals surface area contributed by atoms with Gasteiger partial charge in [0.1, 0.15) is 5.01 Å². The summed E-state index contributed by atoms with van der Waals surface area (Å²) in [5.41, 5.74) is 2.38. The summed E-state index contributed by atoms with van der Waals surface area (Å²) in [6.45, 7) is 5.11.